The monoisotopic (exact) mass is 1200 g/mol. The zero-order chi connectivity index (χ0) is 62.0. The first-order valence-electron chi connectivity index (χ1n) is 31.8. The lowest BCUT2D eigenvalue weighted by Gasteiger charge is -2.16. The molecule has 19 aromatic rings. The van der Waals surface area contributed by atoms with E-state index in [2.05, 4.69) is 322 Å². The normalized spacial score (nSPS) is 11.8. The Morgan fingerprint density at radius 1 is 0.234 bits per heavy atom. The average Bonchev–Trinajstić information content (AvgIpc) is 1.56. The van der Waals surface area contributed by atoms with Gasteiger partial charge in [-0.15, -0.1) is 0 Å². The van der Waals surface area contributed by atoms with E-state index in [0.717, 1.165) is 100 Å². The first-order chi connectivity index (χ1) is 46.6. The van der Waals surface area contributed by atoms with Gasteiger partial charge in [0.15, 0.2) is 5.82 Å². The highest BCUT2D eigenvalue weighted by Crippen LogP contribution is 2.44. The first-order valence-corrected chi connectivity index (χ1v) is 31.8. The Morgan fingerprint density at radius 3 is 1.09 bits per heavy atom. The van der Waals surface area contributed by atoms with Gasteiger partial charge in [0.05, 0.1) is 72.8 Å². The summed E-state index contributed by atoms with van der Waals surface area (Å²) in [6.45, 7) is 0. The number of nitrogens with zero attached hydrogens (tertiary/aromatic N) is 7. The number of benzene rings is 14. The highest BCUT2D eigenvalue weighted by Gasteiger charge is 2.22. The van der Waals surface area contributed by atoms with E-state index in [9.17, 15) is 5.26 Å². The van der Waals surface area contributed by atoms with Crippen LogP contribution in [0.3, 0.4) is 0 Å². The Hall–Kier alpha value is -12.9. The molecule has 0 saturated carbocycles. The van der Waals surface area contributed by atoms with Crippen molar-refractivity contribution in [1.82, 2.24) is 28.2 Å². The van der Waals surface area contributed by atoms with E-state index in [4.69, 9.17) is 9.97 Å². The van der Waals surface area contributed by atoms with E-state index in [1.54, 1.807) is 0 Å². The third-order valence-electron chi connectivity index (χ3n) is 19.2. The van der Waals surface area contributed by atoms with Crippen LogP contribution in [0.25, 0.3) is 177 Å². The van der Waals surface area contributed by atoms with E-state index in [1.807, 2.05) is 24.3 Å². The minimum absolute atomic E-state index is 0.588. The highest BCUT2D eigenvalue weighted by atomic mass is 15.0. The molecule has 0 N–H and O–H groups in total. The molecule has 0 fully saturated rings. The van der Waals surface area contributed by atoms with Gasteiger partial charge in [-0.25, -0.2) is 9.97 Å². The fourth-order valence-electron chi connectivity index (χ4n) is 14.9. The molecule has 0 aliphatic heterocycles. The van der Waals surface area contributed by atoms with Crippen molar-refractivity contribution >= 4 is 98.0 Å². The van der Waals surface area contributed by atoms with Crippen molar-refractivity contribution in [3.8, 4) is 85.0 Å². The molecule has 0 amide bonds. The molecule has 0 radical (unpaired) electrons. The Labute approximate surface area is 540 Å². The number of rotatable bonds is 9. The molecule has 94 heavy (non-hydrogen) atoms. The predicted octanol–water partition coefficient (Wildman–Crippen LogP) is 22.2. The maximum Gasteiger partial charge on any atom is 0.160 e. The van der Waals surface area contributed by atoms with Gasteiger partial charge >= 0.3 is 0 Å². The maximum absolute atomic E-state index is 9.87. The molecule has 5 heterocycles. The standard InChI is InChI=1S/C87H53N7/c88-54-55-34-36-56(37-35-55)76-53-77(90-87(89-76)61-18-17-23-64(48-61)93-80-32-15-11-28-70(80)74-51-59(40-45-85(74)93)57-38-43-83-72(49-57)68-26-9-13-30-78(68)91(83)62-19-3-1-4-20-62)66-42-47-82(67-25-8-7-24-65(66)67)94-81-33-16-12-29-71(81)75-52-60(41-46-86(75)94)58-39-44-84-73(50-58)69-27-10-14-31-79(69)92(84)63-21-5-2-6-22-63/h1-53H. The largest absolute Gasteiger partial charge is 0.309 e. The Kier molecular flexibility index (Phi) is 11.9. The highest BCUT2D eigenvalue weighted by molar-refractivity contribution is 6.16. The van der Waals surface area contributed by atoms with Crippen molar-refractivity contribution in [3.63, 3.8) is 0 Å². The lowest BCUT2D eigenvalue weighted by Crippen LogP contribution is -2.00. The van der Waals surface area contributed by atoms with Crippen LogP contribution in [0.5, 0.6) is 0 Å². The zero-order valence-corrected chi connectivity index (χ0v) is 50.7. The molecule has 7 heteroatoms. The molecule has 0 unspecified atom stereocenters. The number of hydrogen-bond acceptors (Lipinski definition) is 3. The molecule has 0 aliphatic carbocycles. The minimum Gasteiger partial charge on any atom is -0.309 e. The molecule has 0 spiro atoms. The molecule has 5 aromatic heterocycles. The van der Waals surface area contributed by atoms with E-state index in [1.165, 1.54) is 70.7 Å². The molecule has 0 aliphatic rings. The lowest BCUT2D eigenvalue weighted by molar-refractivity contribution is 1.16. The third kappa shape index (κ3) is 8.30. The van der Waals surface area contributed by atoms with Crippen LogP contribution in [-0.4, -0.2) is 28.2 Å². The summed E-state index contributed by atoms with van der Waals surface area (Å²) in [4.78, 5) is 10.9. The molecule has 7 nitrogen and oxygen atoms in total. The van der Waals surface area contributed by atoms with Gasteiger partial charge in [0.1, 0.15) is 0 Å². The van der Waals surface area contributed by atoms with E-state index in [-0.39, 0.29) is 0 Å². The molecule has 0 atom stereocenters. The summed E-state index contributed by atoms with van der Waals surface area (Å²) in [6, 6.07) is 118. The van der Waals surface area contributed by atoms with Crippen LogP contribution in [0, 0.1) is 11.3 Å². The Bertz CT molecular complexity index is 6360. The summed E-state index contributed by atoms with van der Waals surface area (Å²) in [7, 11) is 0. The fourth-order valence-corrected chi connectivity index (χ4v) is 14.9. The maximum atomic E-state index is 9.87. The first kappa shape index (κ1) is 53.0. The molecule has 19 rings (SSSR count). The topological polar surface area (TPSA) is 69.3 Å². The quantitative estimate of drug-likeness (QED) is 0.145. The van der Waals surface area contributed by atoms with Crippen molar-refractivity contribution < 1.29 is 0 Å². The minimum atomic E-state index is 0.588. The van der Waals surface area contributed by atoms with Crippen molar-refractivity contribution in [1.29, 1.82) is 5.26 Å². The van der Waals surface area contributed by atoms with Crippen LogP contribution in [0.15, 0.2) is 322 Å². The number of para-hydroxylation sites is 6. The van der Waals surface area contributed by atoms with E-state index < -0.39 is 0 Å². The third-order valence-corrected chi connectivity index (χ3v) is 19.2. The zero-order valence-electron chi connectivity index (χ0n) is 50.7. The summed E-state index contributed by atoms with van der Waals surface area (Å²) in [5.41, 5.74) is 23.1. The second-order valence-corrected chi connectivity index (χ2v) is 24.4. The van der Waals surface area contributed by atoms with E-state index >= 15 is 0 Å². The average molecular weight is 1200 g/mol. The molecule has 14 aromatic carbocycles. The van der Waals surface area contributed by atoms with Gasteiger partial charge < -0.3 is 18.3 Å². The summed E-state index contributed by atoms with van der Waals surface area (Å²) in [6.07, 6.45) is 0. The van der Waals surface area contributed by atoms with Crippen LogP contribution in [0.1, 0.15) is 5.56 Å². The molecular weight excluding hydrogens is 1140 g/mol. The van der Waals surface area contributed by atoms with E-state index in [0.29, 0.717) is 11.4 Å². The van der Waals surface area contributed by atoms with Crippen molar-refractivity contribution in [3.05, 3.63) is 327 Å². The molecular formula is C87H53N7. The summed E-state index contributed by atoms with van der Waals surface area (Å²) < 4.78 is 9.53. The number of nitriles is 1. The Balaban J connectivity index is 0.721. The van der Waals surface area contributed by atoms with Crippen LogP contribution in [-0.2, 0) is 0 Å². The molecule has 0 saturated heterocycles. The fraction of sp³-hybridized carbons (Fsp3) is 0. The van der Waals surface area contributed by atoms with Crippen LogP contribution < -0.4 is 0 Å². The predicted molar refractivity (Wildman–Crippen MR) is 389 cm³/mol. The lowest BCUT2D eigenvalue weighted by atomic mass is 9.98. The number of fused-ring (bicyclic) bond motifs is 13. The second kappa shape index (κ2) is 21.1. The van der Waals surface area contributed by atoms with Gasteiger partial charge in [-0.3, -0.25) is 0 Å². The Morgan fingerprint density at radius 2 is 0.606 bits per heavy atom. The summed E-state index contributed by atoms with van der Waals surface area (Å²) in [5, 5.41) is 21.7. The number of hydrogen-bond donors (Lipinski definition) is 0. The van der Waals surface area contributed by atoms with Gasteiger partial charge in [-0.2, -0.15) is 5.26 Å². The van der Waals surface area contributed by atoms with Gasteiger partial charge in [-0.1, -0.05) is 188 Å². The smallest absolute Gasteiger partial charge is 0.160 e. The summed E-state index contributed by atoms with van der Waals surface area (Å²) >= 11 is 0. The van der Waals surface area contributed by atoms with Crippen LogP contribution in [0.2, 0.25) is 0 Å². The van der Waals surface area contributed by atoms with Crippen molar-refractivity contribution in [2.45, 2.75) is 0 Å². The van der Waals surface area contributed by atoms with Crippen molar-refractivity contribution in [2.24, 2.45) is 0 Å². The SMILES string of the molecule is N#Cc1ccc(-c2cc(-c3ccc(-n4c5ccccc5c5cc(-c6ccc7c(c6)c6ccccc6n7-c6ccccc6)ccc54)c4ccccc34)nc(-c3cccc(-n4c5ccccc5c5cc(-c6ccc7c(c6)c6ccccc6n7-c6ccccc6)ccc54)c3)n2)cc1. The number of aromatic nitrogens is 6. The molecule has 0 bridgehead atoms. The van der Waals surface area contributed by atoms with Crippen LogP contribution in [0.4, 0.5) is 0 Å². The second-order valence-electron chi connectivity index (χ2n) is 24.4. The van der Waals surface area contributed by atoms with Crippen molar-refractivity contribution in [2.75, 3.05) is 0 Å². The summed E-state index contributed by atoms with van der Waals surface area (Å²) in [5.74, 6) is 0.596. The van der Waals surface area contributed by atoms with Gasteiger partial charge in [0.25, 0.3) is 0 Å². The van der Waals surface area contributed by atoms with Gasteiger partial charge in [0.2, 0.25) is 0 Å². The van der Waals surface area contributed by atoms with Gasteiger partial charge in [-0.05, 0) is 161 Å². The van der Waals surface area contributed by atoms with Crippen LogP contribution >= 0.6 is 0 Å². The molecule has 436 valence electrons. The van der Waals surface area contributed by atoms with Gasteiger partial charge in [0, 0.05) is 82.2 Å².